The molecule has 1 rings (SSSR count). The van der Waals surface area contributed by atoms with Crippen molar-refractivity contribution in [2.75, 3.05) is 6.61 Å². The molecule has 0 spiro atoms. The molecule has 0 radical (unpaired) electrons. The van der Waals surface area contributed by atoms with Crippen LogP contribution in [0.1, 0.15) is 25.3 Å². The van der Waals surface area contributed by atoms with Crippen molar-refractivity contribution in [2.24, 2.45) is 0 Å². The highest BCUT2D eigenvalue weighted by molar-refractivity contribution is 5.32. The molecule has 0 heterocycles. The first-order valence-electron chi connectivity index (χ1n) is 5.04. The summed E-state index contributed by atoms with van der Waals surface area (Å²) < 4.78 is 5.46. The summed E-state index contributed by atoms with van der Waals surface area (Å²) in [5.41, 5.74) is 1.26. The predicted octanol–water partition coefficient (Wildman–Crippen LogP) is 2.70. The van der Waals surface area contributed by atoms with Crippen LogP contribution >= 0.6 is 0 Å². The van der Waals surface area contributed by atoms with Gasteiger partial charge in [0.2, 0.25) is 0 Å². The van der Waals surface area contributed by atoms with Crippen LogP contribution in [0.3, 0.4) is 0 Å². The summed E-state index contributed by atoms with van der Waals surface area (Å²) >= 11 is 0. The minimum absolute atomic E-state index is 0.250. The van der Waals surface area contributed by atoms with Crippen molar-refractivity contribution in [2.45, 2.75) is 26.4 Å². The molecule has 0 aromatic heterocycles. The van der Waals surface area contributed by atoms with E-state index in [1.165, 1.54) is 12.0 Å². The molecule has 0 unspecified atom stereocenters. The number of carbonyl (C=O) groups is 1. The highest BCUT2D eigenvalue weighted by Crippen LogP contribution is 2.00. The molecule has 0 aliphatic rings. The van der Waals surface area contributed by atoms with E-state index in [0.29, 0.717) is 0 Å². The minimum atomic E-state index is -0.250. The SMILES string of the molecule is CCCCOCc1ccccc1.O=CO. The first-order chi connectivity index (χ1) is 7.35. The van der Waals surface area contributed by atoms with Gasteiger partial charge in [-0.05, 0) is 12.0 Å². The lowest BCUT2D eigenvalue weighted by atomic mass is 10.2. The lowest BCUT2D eigenvalue weighted by Gasteiger charge is -2.02. The molecule has 1 aromatic carbocycles. The lowest BCUT2D eigenvalue weighted by molar-refractivity contribution is -0.122. The van der Waals surface area contributed by atoms with Gasteiger partial charge in [0.1, 0.15) is 0 Å². The second-order valence-electron chi connectivity index (χ2n) is 3.00. The maximum atomic E-state index is 8.36. The van der Waals surface area contributed by atoms with Gasteiger partial charge in [-0.2, -0.15) is 0 Å². The first-order valence-corrected chi connectivity index (χ1v) is 5.04. The number of rotatable bonds is 5. The van der Waals surface area contributed by atoms with Gasteiger partial charge in [0, 0.05) is 6.61 Å². The zero-order chi connectivity index (χ0) is 11.4. The minimum Gasteiger partial charge on any atom is -0.483 e. The number of ether oxygens (including phenoxy) is 1. The van der Waals surface area contributed by atoms with Gasteiger partial charge in [0.15, 0.2) is 0 Å². The van der Waals surface area contributed by atoms with E-state index in [0.717, 1.165) is 19.6 Å². The van der Waals surface area contributed by atoms with Crippen molar-refractivity contribution in [3.63, 3.8) is 0 Å². The largest absolute Gasteiger partial charge is 0.483 e. The van der Waals surface area contributed by atoms with Gasteiger partial charge in [-0.1, -0.05) is 43.7 Å². The summed E-state index contributed by atoms with van der Waals surface area (Å²) in [6, 6.07) is 10.3. The molecular formula is C12H18O3. The Morgan fingerprint density at radius 2 is 1.93 bits per heavy atom. The zero-order valence-corrected chi connectivity index (χ0v) is 9.06. The highest BCUT2D eigenvalue weighted by atomic mass is 16.5. The molecule has 0 bridgehead atoms. The first kappa shape index (κ1) is 13.7. The van der Waals surface area contributed by atoms with Crippen molar-refractivity contribution < 1.29 is 14.6 Å². The van der Waals surface area contributed by atoms with Crippen LogP contribution in [0.5, 0.6) is 0 Å². The second-order valence-corrected chi connectivity index (χ2v) is 3.00. The van der Waals surface area contributed by atoms with E-state index in [1.807, 2.05) is 18.2 Å². The standard InChI is InChI=1S/C11H16O.CH2O2/c1-2-3-9-12-10-11-7-5-4-6-8-11;2-1-3/h4-8H,2-3,9-10H2,1H3;1H,(H,2,3). The molecule has 15 heavy (non-hydrogen) atoms. The van der Waals surface area contributed by atoms with E-state index in [1.54, 1.807) is 0 Å². The van der Waals surface area contributed by atoms with E-state index < -0.39 is 0 Å². The van der Waals surface area contributed by atoms with Crippen LogP contribution in [-0.4, -0.2) is 18.2 Å². The Morgan fingerprint density at radius 1 is 1.33 bits per heavy atom. The molecule has 0 aliphatic heterocycles. The molecule has 0 amide bonds. The summed E-state index contributed by atoms with van der Waals surface area (Å²) in [5, 5.41) is 6.89. The van der Waals surface area contributed by atoms with Gasteiger partial charge in [0.25, 0.3) is 6.47 Å². The third-order valence-electron chi connectivity index (χ3n) is 1.75. The fourth-order valence-corrected chi connectivity index (χ4v) is 1.01. The van der Waals surface area contributed by atoms with Crippen molar-refractivity contribution in [1.82, 2.24) is 0 Å². The van der Waals surface area contributed by atoms with Crippen molar-refractivity contribution in [1.29, 1.82) is 0 Å². The average Bonchev–Trinajstić information content (AvgIpc) is 2.27. The van der Waals surface area contributed by atoms with Crippen LogP contribution in [0.15, 0.2) is 30.3 Å². The Hall–Kier alpha value is -1.35. The van der Waals surface area contributed by atoms with Crippen LogP contribution in [0.2, 0.25) is 0 Å². The number of carboxylic acid groups (broad SMARTS) is 1. The van der Waals surface area contributed by atoms with Crippen LogP contribution in [0.25, 0.3) is 0 Å². The lowest BCUT2D eigenvalue weighted by Crippen LogP contribution is -1.94. The van der Waals surface area contributed by atoms with Gasteiger partial charge in [-0.25, -0.2) is 0 Å². The van der Waals surface area contributed by atoms with Crippen LogP contribution in [0.4, 0.5) is 0 Å². The highest BCUT2D eigenvalue weighted by Gasteiger charge is 1.89. The molecule has 0 atom stereocenters. The van der Waals surface area contributed by atoms with Crippen LogP contribution < -0.4 is 0 Å². The maximum Gasteiger partial charge on any atom is 0.290 e. The van der Waals surface area contributed by atoms with Crippen molar-refractivity contribution in [3.8, 4) is 0 Å². The van der Waals surface area contributed by atoms with E-state index in [-0.39, 0.29) is 6.47 Å². The monoisotopic (exact) mass is 210 g/mol. The van der Waals surface area contributed by atoms with E-state index in [9.17, 15) is 0 Å². The number of hydrogen-bond acceptors (Lipinski definition) is 2. The summed E-state index contributed by atoms with van der Waals surface area (Å²) in [5.74, 6) is 0. The molecule has 0 saturated heterocycles. The average molecular weight is 210 g/mol. The fraction of sp³-hybridized carbons (Fsp3) is 0.417. The molecule has 1 N–H and O–H groups in total. The predicted molar refractivity (Wildman–Crippen MR) is 59.7 cm³/mol. The zero-order valence-electron chi connectivity index (χ0n) is 9.06. The molecule has 3 nitrogen and oxygen atoms in total. The van der Waals surface area contributed by atoms with Gasteiger partial charge >= 0.3 is 0 Å². The number of hydrogen-bond donors (Lipinski definition) is 1. The number of benzene rings is 1. The third kappa shape index (κ3) is 8.97. The van der Waals surface area contributed by atoms with Gasteiger partial charge in [0.05, 0.1) is 6.61 Å². The van der Waals surface area contributed by atoms with Crippen molar-refractivity contribution >= 4 is 6.47 Å². The summed E-state index contributed by atoms with van der Waals surface area (Å²) in [6.07, 6.45) is 2.36. The van der Waals surface area contributed by atoms with Gasteiger partial charge in [-0.3, -0.25) is 4.79 Å². The molecule has 1 aromatic rings. The summed E-state index contributed by atoms with van der Waals surface area (Å²) in [7, 11) is 0. The Bertz CT molecular complexity index is 234. The summed E-state index contributed by atoms with van der Waals surface area (Å²) in [4.78, 5) is 8.36. The van der Waals surface area contributed by atoms with Gasteiger partial charge in [-0.15, -0.1) is 0 Å². The van der Waals surface area contributed by atoms with E-state index in [2.05, 4.69) is 19.1 Å². The molecule has 3 heteroatoms. The third-order valence-corrected chi connectivity index (χ3v) is 1.75. The molecule has 0 fully saturated rings. The Kier molecular flexibility index (Phi) is 9.76. The Labute approximate surface area is 90.7 Å². The summed E-state index contributed by atoms with van der Waals surface area (Å²) in [6.45, 7) is 3.55. The smallest absolute Gasteiger partial charge is 0.290 e. The normalized spacial score (nSPS) is 8.87. The topological polar surface area (TPSA) is 46.5 Å². The molecule has 0 aliphatic carbocycles. The maximum absolute atomic E-state index is 8.36. The van der Waals surface area contributed by atoms with Crippen LogP contribution in [0, 0.1) is 0 Å². The quantitative estimate of drug-likeness (QED) is 0.600. The fourth-order valence-electron chi connectivity index (χ4n) is 1.01. The van der Waals surface area contributed by atoms with Crippen molar-refractivity contribution in [3.05, 3.63) is 35.9 Å². The van der Waals surface area contributed by atoms with E-state index in [4.69, 9.17) is 14.6 Å². The van der Waals surface area contributed by atoms with Crippen LogP contribution in [-0.2, 0) is 16.1 Å². The van der Waals surface area contributed by atoms with E-state index >= 15 is 0 Å². The molecule has 84 valence electrons. The number of unbranched alkanes of at least 4 members (excludes halogenated alkanes) is 1. The molecular weight excluding hydrogens is 192 g/mol. The second kappa shape index (κ2) is 10.7. The Balaban J connectivity index is 0.000000583. The Morgan fingerprint density at radius 3 is 2.47 bits per heavy atom. The van der Waals surface area contributed by atoms with Gasteiger partial charge < -0.3 is 9.84 Å². The molecule has 0 saturated carbocycles.